The summed E-state index contributed by atoms with van der Waals surface area (Å²) in [5.74, 6) is -0.410. The molecule has 0 atom stereocenters. The van der Waals surface area contributed by atoms with Gasteiger partial charge in [-0.05, 0) is 43.2 Å². The van der Waals surface area contributed by atoms with E-state index in [9.17, 15) is 9.59 Å². The zero-order valence-electron chi connectivity index (χ0n) is 11.0. The first kappa shape index (κ1) is 12.8. The predicted octanol–water partition coefficient (Wildman–Crippen LogP) is 3.15. The van der Waals surface area contributed by atoms with E-state index in [1.54, 1.807) is 30.3 Å². The first-order valence-corrected chi connectivity index (χ1v) is 6.50. The second-order valence-electron chi connectivity index (χ2n) is 4.70. The first-order valence-electron chi connectivity index (χ1n) is 6.12. The van der Waals surface area contributed by atoms with Crippen molar-refractivity contribution in [3.8, 4) is 0 Å². The molecule has 100 valence electrons. The summed E-state index contributed by atoms with van der Waals surface area (Å²) >= 11 is 5.95. The normalized spacial score (nSPS) is 13.8. The summed E-state index contributed by atoms with van der Waals surface area (Å²) in [6, 6.07) is 8.46. The van der Waals surface area contributed by atoms with Gasteiger partial charge in [0.05, 0.1) is 11.1 Å². The van der Waals surface area contributed by atoms with E-state index in [4.69, 9.17) is 11.6 Å². The zero-order valence-corrected chi connectivity index (χ0v) is 11.7. The Morgan fingerprint density at radius 3 is 2.15 bits per heavy atom. The number of fused-ring (bicyclic) bond motifs is 1. The first-order chi connectivity index (χ1) is 9.50. The van der Waals surface area contributed by atoms with E-state index < -0.39 is 0 Å². The average Bonchev–Trinajstić information content (AvgIpc) is 2.67. The molecule has 0 unspecified atom stereocenters. The van der Waals surface area contributed by atoms with Crippen LogP contribution in [-0.4, -0.2) is 16.8 Å². The van der Waals surface area contributed by atoms with Crippen LogP contribution in [0.3, 0.4) is 0 Å². The summed E-state index contributed by atoms with van der Waals surface area (Å²) in [4.78, 5) is 30.1. The van der Waals surface area contributed by atoms with Gasteiger partial charge in [-0.2, -0.15) is 0 Å². The molecule has 0 N–H and O–H groups in total. The minimum Gasteiger partial charge on any atom is -0.268 e. The van der Waals surface area contributed by atoms with E-state index in [0.29, 0.717) is 16.9 Å². The van der Waals surface area contributed by atoms with Gasteiger partial charge in [0, 0.05) is 0 Å². The van der Waals surface area contributed by atoms with Crippen LogP contribution in [-0.2, 0) is 0 Å². The number of amides is 2. The maximum Gasteiger partial charge on any atom is 0.267 e. The lowest BCUT2D eigenvalue weighted by molar-refractivity contribution is 0.0925. The fraction of sp³-hybridized carbons (Fsp3) is 0.133. The molecule has 1 aromatic carbocycles. The fourth-order valence-corrected chi connectivity index (χ4v) is 2.52. The number of anilines is 1. The SMILES string of the molecule is Cc1cc(Cl)nc(N2C(=O)c3ccccc3C2=O)c1C. The number of benzene rings is 1. The van der Waals surface area contributed by atoms with Gasteiger partial charge in [0.25, 0.3) is 11.8 Å². The molecule has 3 rings (SSSR count). The smallest absolute Gasteiger partial charge is 0.267 e. The predicted molar refractivity (Wildman–Crippen MR) is 76.3 cm³/mol. The molecule has 4 nitrogen and oxygen atoms in total. The highest BCUT2D eigenvalue weighted by molar-refractivity contribution is 6.35. The second kappa shape index (κ2) is 4.42. The summed E-state index contributed by atoms with van der Waals surface area (Å²) < 4.78 is 0. The summed E-state index contributed by atoms with van der Waals surface area (Å²) in [6.07, 6.45) is 0. The molecule has 0 bridgehead atoms. The van der Waals surface area contributed by atoms with Crippen molar-refractivity contribution in [2.75, 3.05) is 4.90 Å². The van der Waals surface area contributed by atoms with Gasteiger partial charge in [-0.15, -0.1) is 0 Å². The molecule has 0 radical (unpaired) electrons. The number of nitrogens with zero attached hydrogens (tertiary/aromatic N) is 2. The number of aryl methyl sites for hydroxylation is 1. The Bertz CT molecular complexity index is 721. The zero-order chi connectivity index (χ0) is 14.4. The van der Waals surface area contributed by atoms with Gasteiger partial charge in [-0.1, -0.05) is 23.7 Å². The molecule has 1 aliphatic rings. The van der Waals surface area contributed by atoms with Gasteiger partial charge in [-0.3, -0.25) is 9.59 Å². The summed E-state index contributed by atoms with van der Waals surface area (Å²) in [7, 11) is 0. The highest BCUT2D eigenvalue weighted by Gasteiger charge is 2.38. The summed E-state index contributed by atoms with van der Waals surface area (Å²) in [6.45, 7) is 3.68. The minimum atomic E-state index is -0.358. The number of imide groups is 1. The van der Waals surface area contributed by atoms with E-state index in [0.717, 1.165) is 16.0 Å². The molecule has 0 fully saturated rings. The van der Waals surface area contributed by atoms with E-state index >= 15 is 0 Å². The Kier molecular flexibility index (Phi) is 2.83. The van der Waals surface area contributed by atoms with E-state index in [-0.39, 0.29) is 17.0 Å². The lowest BCUT2D eigenvalue weighted by atomic mass is 10.1. The molecule has 20 heavy (non-hydrogen) atoms. The molecule has 0 spiro atoms. The number of pyridine rings is 1. The van der Waals surface area contributed by atoms with Crippen LogP contribution < -0.4 is 4.90 Å². The van der Waals surface area contributed by atoms with E-state index in [1.807, 2.05) is 13.8 Å². The lowest BCUT2D eigenvalue weighted by Crippen LogP contribution is -2.31. The van der Waals surface area contributed by atoms with Crippen molar-refractivity contribution in [1.82, 2.24) is 4.98 Å². The standard InChI is InChI=1S/C15H11ClN2O2/c1-8-7-12(16)17-13(9(8)2)18-14(19)10-5-3-4-6-11(10)15(18)20/h3-7H,1-2H3. The van der Waals surface area contributed by atoms with Crippen LogP contribution in [0.2, 0.25) is 5.15 Å². The van der Waals surface area contributed by atoms with Crippen LogP contribution >= 0.6 is 11.6 Å². The third-order valence-corrected chi connectivity index (χ3v) is 3.67. The largest absolute Gasteiger partial charge is 0.268 e. The van der Waals surface area contributed by atoms with Crippen LogP contribution in [0.25, 0.3) is 0 Å². The van der Waals surface area contributed by atoms with Crippen LogP contribution in [0.5, 0.6) is 0 Å². The van der Waals surface area contributed by atoms with Crippen molar-refractivity contribution in [3.05, 3.63) is 57.7 Å². The van der Waals surface area contributed by atoms with Crippen molar-refractivity contribution in [3.63, 3.8) is 0 Å². The van der Waals surface area contributed by atoms with Gasteiger partial charge >= 0.3 is 0 Å². The maximum atomic E-state index is 12.4. The van der Waals surface area contributed by atoms with Crippen molar-refractivity contribution in [2.24, 2.45) is 0 Å². The Balaban J connectivity index is 2.19. The topological polar surface area (TPSA) is 50.3 Å². The van der Waals surface area contributed by atoms with Crippen LogP contribution in [0.15, 0.2) is 30.3 Å². The Hall–Kier alpha value is -2.20. The molecular weight excluding hydrogens is 276 g/mol. The van der Waals surface area contributed by atoms with Gasteiger partial charge in [-0.25, -0.2) is 9.88 Å². The summed E-state index contributed by atoms with van der Waals surface area (Å²) in [5, 5.41) is 0.264. The van der Waals surface area contributed by atoms with E-state index in [1.165, 1.54) is 0 Å². The molecule has 0 saturated heterocycles. The number of hydrogen-bond acceptors (Lipinski definition) is 3. The maximum absolute atomic E-state index is 12.4. The number of rotatable bonds is 1. The molecule has 2 heterocycles. The van der Waals surface area contributed by atoms with Crippen molar-refractivity contribution in [1.29, 1.82) is 0 Å². The average molecular weight is 287 g/mol. The van der Waals surface area contributed by atoms with Crippen LogP contribution in [0.1, 0.15) is 31.8 Å². The fourth-order valence-electron chi connectivity index (χ4n) is 2.28. The minimum absolute atomic E-state index is 0.264. The molecular formula is C15H11ClN2O2. The Morgan fingerprint density at radius 1 is 1.05 bits per heavy atom. The highest BCUT2D eigenvalue weighted by Crippen LogP contribution is 2.31. The lowest BCUT2D eigenvalue weighted by Gasteiger charge is -2.17. The van der Waals surface area contributed by atoms with Crippen LogP contribution in [0, 0.1) is 13.8 Å². The second-order valence-corrected chi connectivity index (χ2v) is 5.09. The molecule has 2 amide bonds. The van der Waals surface area contributed by atoms with Gasteiger partial charge < -0.3 is 0 Å². The summed E-state index contributed by atoms with van der Waals surface area (Å²) in [5.41, 5.74) is 2.45. The van der Waals surface area contributed by atoms with Crippen molar-refractivity contribution < 1.29 is 9.59 Å². The number of halogens is 1. The number of aromatic nitrogens is 1. The number of carbonyl (C=O) groups excluding carboxylic acids is 2. The molecule has 1 aliphatic heterocycles. The highest BCUT2D eigenvalue weighted by atomic mass is 35.5. The van der Waals surface area contributed by atoms with Gasteiger partial charge in [0.2, 0.25) is 0 Å². The quantitative estimate of drug-likeness (QED) is 0.598. The monoisotopic (exact) mass is 286 g/mol. The van der Waals surface area contributed by atoms with Gasteiger partial charge in [0.15, 0.2) is 0 Å². The van der Waals surface area contributed by atoms with Crippen molar-refractivity contribution >= 4 is 29.2 Å². The Morgan fingerprint density at radius 2 is 1.60 bits per heavy atom. The van der Waals surface area contributed by atoms with Crippen molar-refractivity contribution in [2.45, 2.75) is 13.8 Å². The third-order valence-electron chi connectivity index (χ3n) is 3.48. The van der Waals surface area contributed by atoms with E-state index in [2.05, 4.69) is 4.98 Å². The third kappa shape index (κ3) is 1.72. The Labute approximate surface area is 121 Å². The molecule has 2 aromatic rings. The molecule has 1 aromatic heterocycles. The molecule has 0 saturated carbocycles. The van der Waals surface area contributed by atoms with Crippen LogP contribution in [0.4, 0.5) is 5.82 Å². The number of carbonyl (C=O) groups is 2. The molecule has 5 heteroatoms. The number of hydrogen-bond donors (Lipinski definition) is 0. The molecule has 0 aliphatic carbocycles. The van der Waals surface area contributed by atoms with Gasteiger partial charge in [0.1, 0.15) is 11.0 Å².